The summed E-state index contributed by atoms with van der Waals surface area (Å²) in [6, 6.07) is 2.99. The van der Waals surface area contributed by atoms with Crippen LogP contribution in [-0.4, -0.2) is 17.6 Å². The van der Waals surface area contributed by atoms with Gasteiger partial charge in [0.2, 0.25) is 11.9 Å². The van der Waals surface area contributed by atoms with Gasteiger partial charge in [-0.3, -0.25) is 4.90 Å². The molecule has 7 heteroatoms. The molecule has 22 heavy (non-hydrogen) atoms. The molecule has 1 aromatic carbocycles. The van der Waals surface area contributed by atoms with Crippen LogP contribution in [0.15, 0.2) is 22.1 Å². The van der Waals surface area contributed by atoms with Crippen LogP contribution in [0.1, 0.15) is 37.7 Å². The van der Waals surface area contributed by atoms with Crippen LogP contribution >= 0.6 is 11.6 Å². The Hall–Kier alpha value is -1.82. The number of aryl methyl sites for hydroxylation is 1. The summed E-state index contributed by atoms with van der Waals surface area (Å²) in [5.74, 6) is -0.0804. The summed E-state index contributed by atoms with van der Waals surface area (Å²) in [4.78, 5) is 10.2. The van der Waals surface area contributed by atoms with Crippen molar-refractivity contribution >= 4 is 29.2 Å². The van der Waals surface area contributed by atoms with Gasteiger partial charge in [-0.25, -0.2) is 9.38 Å². The van der Waals surface area contributed by atoms with Gasteiger partial charge >= 0.3 is 0 Å². The summed E-state index contributed by atoms with van der Waals surface area (Å²) in [6.45, 7) is 1.76. The van der Waals surface area contributed by atoms with Gasteiger partial charge in [-0.1, -0.05) is 18.0 Å². The average Bonchev–Trinajstić information content (AvgIpc) is 2.44. The van der Waals surface area contributed by atoms with Crippen molar-refractivity contribution in [1.29, 1.82) is 0 Å². The normalized spacial score (nSPS) is 20.8. The number of nitrogens with zero attached hydrogens (tertiary/aromatic N) is 3. The first kappa shape index (κ1) is 15.1. The number of nitrogens with two attached hydrogens (primary N) is 2. The van der Waals surface area contributed by atoms with Gasteiger partial charge in [0.1, 0.15) is 11.5 Å². The molecule has 118 valence electrons. The maximum Gasteiger partial charge on any atom is 0.220 e. The highest BCUT2D eigenvalue weighted by atomic mass is 35.5. The van der Waals surface area contributed by atoms with E-state index in [0.717, 1.165) is 32.1 Å². The predicted molar refractivity (Wildman–Crippen MR) is 87.7 cm³/mol. The molecule has 1 heterocycles. The Kier molecular flexibility index (Phi) is 3.72. The molecule has 1 spiro atoms. The Balaban J connectivity index is 2.14. The molecule has 1 fully saturated rings. The van der Waals surface area contributed by atoms with E-state index in [1.165, 1.54) is 6.07 Å². The van der Waals surface area contributed by atoms with Gasteiger partial charge in [0.05, 0.1) is 5.69 Å². The molecule has 0 unspecified atom stereocenters. The van der Waals surface area contributed by atoms with Gasteiger partial charge < -0.3 is 11.5 Å². The number of hydrogen-bond acceptors (Lipinski definition) is 5. The maximum absolute atomic E-state index is 14.5. The topological polar surface area (TPSA) is 80.0 Å². The molecular formula is C15H19ClFN5. The molecule has 3 rings (SSSR count). The maximum atomic E-state index is 14.5. The van der Waals surface area contributed by atoms with Gasteiger partial charge in [-0.05, 0) is 50.3 Å². The summed E-state index contributed by atoms with van der Waals surface area (Å²) in [6.07, 6.45) is 4.62. The molecule has 1 aromatic rings. The summed E-state index contributed by atoms with van der Waals surface area (Å²) in [5, 5.41) is 0.484. The fourth-order valence-corrected chi connectivity index (χ4v) is 3.43. The third-order valence-corrected chi connectivity index (χ3v) is 4.73. The molecule has 4 N–H and O–H groups in total. The first-order chi connectivity index (χ1) is 10.4. The Morgan fingerprint density at radius 3 is 2.59 bits per heavy atom. The standard InChI is InChI=1S/C15H19ClFN5/c1-9-7-11(17)12(8-10(9)16)22-14(19)20-13(18)21-15(22)5-3-2-4-6-15/h7-8H,2-6H2,1H3,(H4,18,19,20,21). The van der Waals surface area contributed by atoms with Crippen molar-refractivity contribution in [2.24, 2.45) is 21.5 Å². The van der Waals surface area contributed by atoms with Crippen molar-refractivity contribution in [3.05, 3.63) is 28.5 Å². The Morgan fingerprint density at radius 2 is 1.91 bits per heavy atom. The second-order valence-electron chi connectivity index (χ2n) is 5.87. The Morgan fingerprint density at radius 1 is 1.23 bits per heavy atom. The summed E-state index contributed by atoms with van der Waals surface area (Å²) in [5.41, 5.74) is 12.2. The SMILES string of the molecule is Cc1cc(F)c(N2C(N)=NC(N)=NC23CCCCC3)cc1Cl. The van der Waals surface area contributed by atoms with E-state index in [2.05, 4.69) is 9.98 Å². The van der Waals surface area contributed by atoms with E-state index in [1.807, 2.05) is 0 Å². The highest BCUT2D eigenvalue weighted by Crippen LogP contribution is 2.41. The minimum Gasteiger partial charge on any atom is -0.369 e. The van der Waals surface area contributed by atoms with Crippen LogP contribution in [0.5, 0.6) is 0 Å². The van der Waals surface area contributed by atoms with Crippen molar-refractivity contribution in [2.75, 3.05) is 4.90 Å². The smallest absolute Gasteiger partial charge is 0.220 e. The molecule has 5 nitrogen and oxygen atoms in total. The fourth-order valence-electron chi connectivity index (χ4n) is 3.28. The van der Waals surface area contributed by atoms with E-state index >= 15 is 0 Å². The van der Waals surface area contributed by atoms with Crippen LogP contribution in [-0.2, 0) is 0 Å². The lowest BCUT2D eigenvalue weighted by molar-refractivity contribution is 0.304. The second kappa shape index (κ2) is 5.43. The minimum atomic E-state index is -0.659. The van der Waals surface area contributed by atoms with E-state index in [1.54, 1.807) is 17.9 Å². The van der Waals surface area contributed by atoms with E-state index in [4.69, 9.17) is 23.1 Å². The van der Waals surface area contributed by atoms with Crippen molar-refractivity contribution in [3.8, 4) is 0 Å². The van der Waals surface area contributed by atoms with Crippen LogP contribution in [0.2, 0.25) is 5.02 Å². The third kappa shape index (κ3) is 2.41. The largest absolute Gasteiger partial charge is 0.369 e. The van der Waals surface area contributed by atoms with Gasteiger partial charge in [-0.15, -0.1) is 0 Å². The van der Waals surface area contributed by atoms with Gasteiger partial charge in [-0.2, -0.15) is 4.99 Å². The quantitative estimate of drug-likeness (QED) is 0.834. The predicted octanol–water partition coefficient (Wildman–Crippen LogP) is 2.90. The molecule has 2 aliphatic rings. The Bertz CT molecular complexity index is 664. The molecule has 0 amide bonds. The average molecular weight is 324 g/mol. The zero-order valence-electron chi connectivity index (χ0n) is 12.4. The van der Waals surface area contributed by atoms with Crippen LogP contribution in [0, 0.1) is 12.7 Å². The fraction of sp³-hybridized carbons (Fsp3) is 0.467. The van der Waals surface area contributed by atoms with Crippen LogP contribution < -0.4 is 16.4 Å². The minimum absolute atomic E-state index is 0.147. The van der Waals surface area contributed by atoms with Gasteiger partial charge in [0, 0.05) is 5.02 Å². The number of aliphatic imine (C=N–C) groups is 2. The van der Waals surface area contributed by atoms with E-state index in [9.17, 15) is 4.39 Å². The molecule has 0 atom stereocenters. The summed E-state index contributed by atoms with van der Waals surface area (Å²) < 4.78 is 14.5. The van der Waals surface area contributed by atoms with Crippen LogP contribution in [0.4, 0.5) is 10.1 Å². The number of anilines is 1. The zero-order valence-corrected chi connectivity index (χ0v) is 13.2. The van der Waals surface area contributed by atoms with E-state index in [0.29, 0.717) is 16.3 Å². The molecular weight excluding hydrogens is 305 g/mol. The molecule has 1 aliphatic heterocycles. The Labute approximate surface area is 133 Å². The summed E-state index contributed by atoms with van der Waals surface area (Å²) in [7, 11) is 0. The van der Waals surface area contributed by atoms with Crippen molar-refractivity contribution < 1.29 is 4.39 Å². The van der Waals surface area contributed by atoms with Crippen LogP contribution in [0.3, 0.4) is 0 Å². The highest BCUT2D eigenvalue weighted by Gasteiger charge is 2.43. The number of hydrogen-bond donors (Lipinski definition) is 2. The van der Waals surface area contributed by atoms with Gasteiger partial charge in [0.25, 0.3) is 0 Å². The van der Waals surface area contributed by atoms with Crippen LogP contribution in [0.25, 0.3) is 0 Å². The third-order valence-electron chi connectivity index (χ3n) is 4.32. The number of halogens is 2. The van der Waals surface area contributed by atoms with Gasteiger partial charge in [0.15, 0.2) is 0 Å². The first-order valence-electron chi connectivity index (χ1n) is 7.38. The molecule has 0 radical (unpaired) electrons. The zero-order chi connectivity index (χ0) is 15.9. The van der Waals surface area contributed by atoms with E-state index in [-0.39, 0.29) is 17.7 Å². The molecule has 1 aliphatic carbocycles. The first-order valence-corrected chi connectivity index (χ1v) is 7.76. The highest BCUT2D eigenvalue weighted by molar-refractivity contribution is 6.31. The van der Waals surface area contributed by atoms with Crippen molar-refractivity contribution in [3.63, 3.8) is 0 Å². The monoisotopic (exact) mass is 323 g/mol. The number of benzene rings is 1. The lowest BCUT2D eigenvalue weighted by atomic mass is 9.87. The molecule has 1 saturated carbocycles. The van der Waals surface area contributed by atoms with Crippen molar-refractivity contribution in [1.82, 2.24) is 0 Å². The molecule has 0 aromatic heterocycles. The number of rotatable bonds is 1. The van der Waals surface area contributed by atoms with Crippen molar-refractivity contribution in [2.45, 2.75) is 44.7 Å². The molecule has 0 saturated heterocycles. The number of guanidine groups is 2. The second-order valence-corrected chi connectivity index (χ2v) is 6.28. The molecule has 0 bridgehead atoms. The lowest BCUT2D eigenvalue weighted by Crippen LogP contribution is -2.58. The summed E-state index contributed by atoms with van der Waals surface area (Å²) >= 11 is 6.17. The van der Waals surface area contributed by atoms with E-state index < -0.39 is 5.66 Å². The lowest BCUT2D eigenvalue weighted by Gasteiger charge is -2.45.